The van der Waals surface area contributed by atoms with Gasteiger partial charge < -0.3 is 11.1 Å². The predicted molar refractivity (Wildman–Crippen MR) is 37.0 cm³/mol. The fourth-order valence-corrected chi connectivity index (χ4v) is 0.484. The van der Waals surface area contributed by atoms with E-state index in [4.69, 9.17) is 5.73 Å². The number of amides is 1. The zero-order chi connectivity index (χ0) is 7.28. The van der Waals surface area contributed by atoms with Gasteiger partial charge in [0, 0.05) is 19.0 Å². The van der Waals surface area contributed by atoms with Gasteiger partial charge in [0.1, 0.15) is 0 Å². The van der Waals surface area contributed by atoms with Crippen LogP contribution in [0.2, 0.25) is 0 Å². The molecule has 0 aromatic heterocycles. The van der Waals surface area contributed by atoms with Crippen LogP contribution in [0.15, 0.2) is 0 Å². The normalized spacial score (nSPS) is 10.1. The molecule has 0 unspecified atom stereocenters. The molecule has 0 bridgehead atoms. The third-order valence-corrected chi connectivity index (χ3v) is 0.924. The van der Waals surface area contributed by atoms with Crippen LogP contribution in [0.5, 0.6) is 0 Å². The van der Waals surface area contributed by atoms with Crippen molar-refractivity contribution < 1.29 is 4.79 Å². The Morgan fingerprint density at radius 2 is 2.22 bits per heavy atom. The SMILES string of the molecule is CC(C)NCCC(N)=O. The highest BCUT2D eigenvalue weighted by atomic mass is 16.1. The van der Waals surface area contributed by atoms with Gasteiger partial charge in [0.2, 0.25) is 5.91 Å². The number of hydrogen-bond donors (Lipinski definition) is 2. The summed E-state index contributed by atoms with van der Waals surface area (Å²) in [4.78, 5) is 10.2. The third-order valence-electron chi connectivity index (χ3n) is 0.924. The number of nitrogens with two attached hydrogens (primary N) is 1. The molecule has 0 radical (unpaired) electrons. The number of carbonyl (C=O) groups excluding carboxylic acids is 1. The Bertz CT molecular complexity index is 91.1. The molecular weight excluding hydrogens is 116 g/mol. The highest BCUT2D eigenvalue weighted by Crippen LogP contribution is 1.77. The summed E-state index contributed by atoms with van der Waals surface area (Å²) in [5.74, 6) is -0.247. The fraction of sp³-hybridized carbons (Fsp3) is 0.833. The molecule has 3 N–H and O–H groups in total. The van der Waals surface area contributed by atoms with Crippen molar-refractivity contribution in [3.05, 3.63) is 0 Å². The molecule has 3 nitrogen and oxygen atoms in total. The first-order valence-corrected chi connectivity index (χ1v) is 3.14. The second-order valence-corrected chi connectivity index (χ2v) is 2.33. The minimum atomic E-state index is -0.247. The van der Waals surface area contributed by atoms with Gasteiger partial charge in [-0.25, -0.2) is 0 Å². The second kappa shape index (κ2) is 4.32. The maximum atomic E-state index is 10.2. The Balaban J connectivity index is 3.01. The summed E-state index contributed by atoms with van der Waals surface area (Å²) in [6.45, 7) is 4.75. The van der Waals surface area contributed by atoms with Crippen molar-refractivity contribution in [3.63, 3.8) is 0 Å². The van der Waals surface area contributed by atoms with Gasteiger partial charge in [-0.1, -0.05) is 13.8 Å². The van der Waals surface area contributed by atoms with E-state index in [1.807, 2.05) is 13.8 Å². The first-order valence-electron chi connectivity index (χ1n) is 3.14. The van der Waals surface area contributed by atoms with E-state index in [-0.39, 0.29) is 5.91 Å². The lowest BCUT2D eigenvalue weighted by molar-refractivity contribution is -0.117. The zero-order valence-corrected chi connectivity index (χ0v) is 5.98. The molecule has 0 aliphatic carbocycles. The molecule has 9 heavy (non-hydrogen) atoms. The second-order valence-electron chi connectivity index (χ2n) is 2.33. The standard InChI is InChI=1S/C6H14N2O/c1-5(2)8-4-3-6(7)9/h5,8H,3-4H2,1-2H3,(H2,7,9). The molecule has 0 rings (SSSR count). The van der Waals surface area contributed by atoms with Gasteiger partial charge in [0.05, 0.1) is 0 Å². The van der Waals surface area contributed by atoms with Crippen LogP contribution in [0.4, 0.5) is 0 Å². The predicted octanol–water partition coefficient (Wildman–Crippen LogP) is -0.140. The van der Waals surface area contributed by atoms with Crippen molar-refractivity contribution in [2.75, 3.05) is 6.54 Å². The summed E-state index contributed by atoms with van der Waals surface area (Å²) in [5.41, 5.74) is 4.90. The van der Waals surface area contributed by atoms with Gasteiger partial charge in [-0.3, -0.25) is 4.79 Å². The summed E-state index contributed by atoms with van der Waals surface area (Å²) in [6, 6.07) is 0.435. The Labute approximate surface area is 55.6 Å². The molecule has 0 saturated carbocycles. The van der Waals surface area contributed by atoms with Gasteiger partial charge >= 0.3 is 0 Å². The number of primary amides is 1. The maximum absolute atomic E-state index is 10.2. The lowest BCUT2D eigenvalue weighted by Crippen LogP contribution is -2.27. The maximum Gasteiger partial charge on any atom is 0.218 e. The number of carbonyl (C=O) groups is 1. The van der Waals surface area contributed by atoms with Crippen LogP contribution < -0.4 is 11.1 Å². The number of nitrogens with one attached hydrogen (secondary N) is 1. The van der Waals surface area contributed by atoms with E-state index in [2.05, 4.69) is 5.32 Å². The van der Waals surface area contributed by atoms with Crippen LogP contribution in [-0.4, -0.2) is 18.5 Å². The van der Waals surface area contributed by atoms with Crippen LogP contribution in [-0.2, 0) is 4.79 Å². The van der Waals surface area contributed by atoms with Crippen LogP contribution >= 0.6 is 0 Å². The average Bonchev–Trinajstić information content (AvgIpc) is 1.63. The largest absolute Gasteiger partial charge is 0.370 e. The monoisotopic (exact) mass is 130 g/mol. The van der Waals surface area contributed by atoms with Crippen molar-refractivity contribution in [2.24, 2.45) is 5.73 Å². The Morgan fingerprint density at radius 1 is 1.67 bits per heavy atom. The fourth-order valence-electron chi connectivity index (χ4n) is 0.484. The molecule has 3 heteroatoms. The van der Waals surface area contributed by atoms with Gasteiger partial charge in [-0.15, -0.1) is 0 Å². The Hall–Kier alpha value is -0.570. The van der Waals surface area contributed by atoms with Crippen molar-refractivity contribution in [1.82, 2.24) is 5.32 Å². The minimum absolute atomic E-state index is 0.247. The molecule has 0 fully saturated rings. The lowest BCUT2D eigenvalue weighted by atomic mass is 10.3. The third kappa shape index (κ3) is 7.43. The minimum Gasteiger partial charge on any atom is -0.370 e. The molecule has 0 spiro atoms. The van der Waals surface area contributed by atoms with E-state index in [9.17, 15) is 4.79 Å². The molecule has 0 saturated heterocycles. The molecule has 0 heterocycles. The van der Waals surface area contributed by atoms with Crippen LogP contribution in [0.3, 0.4) is 0 Å². The number of rotatable bonds is 4. The van der Waals surface area contributed by atoms with Gasteiger partial charge in [-0.05, 0) is 0 Å². The van der Waals surface area contributed by atoms with Gasteiger partial charge in [-0.2, -0.15) is 0 Å². The van der Waals surface area contributed by atoms with Crippen LogP contribution in [0, 0.1) is 0 Å². The summed E-state index contributed by atoms with van der Waals surface area (Å²) < 4.78 is 0. The molecular formula is C6H14N2O. The van der Waals surface area contributed by atoms with E-state index in [0.29, 0.717) is 19.0 Å². The smallest absolute Gasteiger partial charge is 0.218 e. The average molecular weight is 130 g/mol. The van der Waals surface area contributed by atoms with Crippen molar-refractivity contribution in [1.29, 1.82) is 0 Å². The van der Waals surface area contributed by atoms with E-state index in [0.717, 1.165) is 0 Å². The first kappa shape index (κ1) is 8.43. The summed E-state index contributed by atoms with van der Waals surface area (Å²) in [6.07, 6.45) is 0.429. The van der Waals surface area contributed by atoms with Gasteiger partial charge in [0.25, 0.3) is 0 Å². The van der Waals surface area contributed by atoms with E-state index >= 15 is 0 Å². The quantitative estimate of drug-likeness (QED) is 0.556. The Morgan fingerprint density at radius 3 is 2.56 bits per heavy atom. The van der Waals surface area contributed by atoms with E-state index < -0.39 is 0 Å². The summed E-state index contributed by atoms with van der Waals surface area (Å²) in [7, 11) is 0. The summed E-state index contributed by atoms with van der Waals surface area (Å²) >= 11 is 0. The summed E-state index contributed by atoms with van der Waals surface area (Å²) in [5, 5.41) is 3.08. The Kier molecular flexibility index (Phi) is 4.05. The van der Waals surface area contributed by atoms with Gasteiger partial charge in [0.15, 0.2) is 0 Å². The van der Waals surface area contributed by atoms with E-state index in [1.54, 1.807) is 0 Å². The topological polar surface area (TPSA) is 55.1 Å². The highest BCUT2D eigenvalue weighted by molar-refractivity contribution is 5.73. The van der Waals surface area contributed by atoms with E-state index in [1.165, 1.54) is 0 Å². The number of hydrogen-bond acceptors (Lipinski definition) is 2. The zero-order valence-electron chi connectivity index (χ0n) is 5.98. The van der Waals surface area contributed by atoms with Crippen LogP contribution in [0.1, 0.15) is 20.3 Å². The van der Waals surface area contributed by atoms with Crippen molar-refractivity contribution in [2.45, 2.75) is 26.3 Å². The molecule has 0 aliphatic heterocycles. The molecule has 54 valence electrons. The molecule has 0 aromatic rings. The molecule has 1 amide bonds. The van der Waals surface area contributed by atoms with Crippen LogP contribution in [0.25, 0.3) is 0 Å². The highest BCUT2D eigenvalue weighted by Gasteiger charge is 1.94. The molecule has 0 aromatic carbocycles. The first-order chi connectivity index (χ1) is 4.13. The van der Waals surface area contributed by atoms with Crippen molar-refractivity contribution in [3.8, 4) is 0 Å². The molecule has 0 atom stereocenters. The molecule has 0 aliphatic rings. The lowest BCUT2D eigenvalue weighted by Gasteiger charge is -2.04. The van der Waals surface area contributed by atoms with Crippen molar-refractivity contribution >= 4 is 5.91 Å².